The van der Waals surface area contributed by atoms with E-state index < -0.39 is 6.04 Å². The van der Waals surface area contributed by atoms with Gasteiger partial charge in [0, 0.05) is 10.5 Å². The van der Waals surface area contributed by atoms with Gasteiger partial charge in [-0.3, -0.25) is 4.79 Å². The van der Waals surface area contributed by atoms with Crippen LogP contribution in [0.2, 0.25) is 0 Å². The van der Waals surface area contributed by atoms with E-state index in [9.17, 15) is 4.79 Å². The summed E-state index contributed by atoms with van der Waals surface area (Å²) in [6, 6.07) is 7.80. The van der Waals surface area contributed by atoms with E-state index in [0.717, 1.165) is 10.9 Å². The Kier molecular flexibility index (Phi) is 5.65. The number of amides is 1. The van der Waals surface area contributed by atoms with Crippen molar-refractivity contribution in [1.82, 2.24) is 5.32 Å². The molecule has 0 aromatic heterocycles. The predicted octanol–water partition coefficient (Wildman–Crippen LogP) is 2.23. The largest absolute Gasteiger partial charge is 0.352 e. The molecular formula is C13H19BrN2O. The molecule has 0 aliphatic heterocycles. The molecule has 1 aromatic rings. The van der Waals surface area contributed by atoms with Crippen molar-refractivity contribution in [3.8, 4) is 0 Å². The van der Waals surface area contributed by atoms with Crippen molar-refractivity contribution in [3.63, 3.8) is 0 Å². The Bertz CT molecular complexity index is 364. The molecule has 3 N–H and O–H groups in total. The molecule has 0 bridgehead atoms. The predicted molar refractivity (Wildman–Crippen MR) is 73.7 cm³/mol. The van der Waals surface area contributed by atoms with Crippen LogP contribution in [0.4, 0.5) is 0 Å². The summed E-state index contributed by atoms with van der Waals surface area (Å²) in [5.74, 6) is -0.0721. The van der Waals surface area contributed by atoms with Gasteiger partial charge in [0.1, 0.15) is 0 Å². The van der Waals surface area contributed by atoms with Crippen molar-refractivity contribution in [1.29, 1.82) is 0 Å². The standard InChI is InChI=1S/C13H19BrN2O/c1-3-12(15)13(17)16-9(2)8-10-4-6-11(14)7-5-10/h4-7,9,12H,3,8,15H2,1-2H3,(H,16,17)/t9?,12-/m0/s1. The minimum absolute atomic E-state index is 0.0721. The molecule has 4 heteroatoms. The molecule has 1 unspecified atom stereocenters. The quantitative estimate of drug-likeness (QED) is 0.876. The molecule has 17 heavy (non-hydrogen) atoms. The van der Waals surface area contributed by atoms with E-state index in [4.69, 9.17) is 5.73 Å². The first-order valence-electron chi connectivity index (χ1n) is 5.83. The highest BCUT2D eigenvalue weighted by atomic mass is 79.9. The molecule has 0 heterocycles. The van der Waals surface area contributed by atoms with E-state index >= 15 is 0 Å². The summed E-state index contributed by atoms with van der Waals surface area (Å²) in [5.41, 5.74) is 6.86. The zero-order chi connectivity index (χ0) is 12.8. The van der Waals surface area contributed by atoms with Gasteiger partial charge < -0.3 is 11.1 Å². The molecule has 0 saturated heterocycles. The highest BCUT2D eigenvalue weighted by Crippen LogP contribution is 2.11. The lowest BCUT2D eigenvalue weighted by atomic mass is 10.1. The second-order valence-corrected chi connectivity index (χ2v) is 5.17. The number of nitrogens with one attached hydrogen (secondary N) is 1. The van der Waals surface area contributed by atoms with Crippen LogP contribution in [0.5, 0.6) is 0 Å². The Balaban J connectivity index is 2.47. The van der Waals surface area contributed by atoms with Gasteiger partial charge in [0.2, 0.25) is 5.91 Å². The molecule has 0 fully saturated rings. The number of rotatable bonds is 5. The normalized spacial score (nSPS) is 14.1. The van der Waals surface area contributed by atoms with Gasteiger partial charge in [-0.15, -0.1) is 0 Å². The van der Waals surface area contributed by atoms with Gasteiger partial charge in [-0.2, -0.15) is 0 Å². The van der Waals surface area contributed by atoms with Gasteiger partial charge in [-0.1, -0.05) is 35.0 Å². The first-order chi connectivity index (χ1) is 8.02. The summed E-state index contributed by atoms with van der Waals surface area (Å²) < 4.78 is 1.06. The summed E-state index contributed by atoms with van der Waals surface area (Å²) in [5, 5.41) is 2.92. The maximum Gasteiger partial charge on any atom is 0.237 e. The molecule has 0 aliphatic rings. The number of carbonyl (C=O) groups excluding carboxylic acids is 1. The van der Waals surface area contributed by atoms with E-state index in [2.05, 4.69) is 21.2 Å². The smallest absolute Gasteiger partial charge is 0.237 e. The van der Waals surface area contributed by atoms with Crippen LogP contribution < -0.4 is 11.1 Å². The summed E-state index contributed by atoms with van der Waals surface area (Å²) >= 11 is 3.39. The Morgan fingerprint density at radius 3 is 2.53 bits per heavy atom. The van der Waals surface area contributed by atoms with E-state index in [1.165, 1.54) is 5.56 Å². The van der Waals surface area contributed by atoms with Crippen LogP contribution in [0.3, 0.4) is 0 Å². The lowest BCUT2D eigenvalue weighted by Crippen LogP contribution is -2.44. The number of halogens is 1. The van der Waals surface area contributed by atoms with Gasteiger partial charge >= 0.3 is 0 Å². The summed E-state index contributed by atoms with van der Waals surface area (Å²) in [4.78, 5) is 11.6. The van der Waals surface area contributed by atoms with Gasteiger partial charge in [0.05, 0.1) is 6.04 Å². The van der Waals surface area contributed by atoms with Crippen molar-refractivity contribution < 1.29 is 4.79 Å². The molecule has 0 aliphatic carbocycles. The Morgan fingerprint density at radius 2 is 2.00 bits per heavy atom. The lowest BCUT2D eigenvalue weighted by molar-refractivity contribution is -0.123. The van der Waals surface area contributed by atoms with Crippen LogP contribution in [0.15, 0.2) is 28.7 Å². The fourth-order valence-electron chi connectivity index (χ4n) is 1.56. The maximum atomic E-state index is 11.6. The number of hydrogen-bond donors (Lipinski definition) is 2. The highest BCUT2D eigenvalue weighted by molar-refractivity contribution is 9.10. The fraction of sp³-hybridized carbons (Fsp3) is 0.462. The molecule has 0 radical (unpaired) electrons. The van der Waals surface area contributed by atoms with Crippen LogP contribution in [0.25, 0.3) is 0 Å². The van der Waals surface area contributed by atoms with Gasteiger partial charge in [-0.05, 0) is 37.5 Å². The third-order valence-corrected chi connectivity index (χ3v) is 3.15. The summed E-state index contributed by atoms with van der Waals surface area (Å²) in [7, 11) is 0. The fourth-order valence-corrected chi connectivity index (χ4v) is 1.82. The average Bonchev–Trinajstić information content (AvgIpc) is 2.30. The zero-order valence-corrected chi connectivity index (χ0v) is 11.8. The SMILES string of the molecule is CC[C@H](N)C(=O)NC(C)Cc1ccc(Br)cc1. The van der Waals surface area contributed by atoms with Gasteiger partial charge in [0.15, 0.2) is 0 Å². The molecule has 94 valence electrons. The number of hydrogen-bond acceptors (Lipinski definition) is 2. The molecular weight excluding hydrogens is 280 g/mol. The number of benzene rings is 1. The monoisotopic (exact) mass is 298 g/mol. The van der Waals surface area contributed by atoms with E-state index in [1.807, 2.05) is 38.1 Å². The molecule has 1 amide bonds. The first kappa shape index (κ1) is 14.2. The third kappa shape index (κ3) is 4.88. The van der Waals surface area contributed by atoms with E-state index in [-0.39, 0.29) is 11.9 Å². The summed E-state index contributed by atoms with van der Waals surface area (Å²) in [6.45, 7) is 3.89. The molecule has 0 spiro atoms. The third-order valence-electron chi connectivity index (χ3n) is 2.62. The minimum Gasteiger partial charge on any atom is -0.352 e. The molecule has 1 rings (SSSR count). The van der Waals surface area contributed by atoms with Crippen LogP contribution in [0.1, 0.15) is 25.8 Å². The highest BCUT2D eigenvalue weighted by Gasteiger charge is 2.13. The second-order valence-electron chi connectivity index (χ2n) is 4.25. The van der Waals surface area contributed by atoms with Crippen molar-refractivity contribution in [2.75, 3.05) is 0 Å². The van der Waals surface area contributed by atoms with Crippen molar-refractivity contribution in [2.24, 2.45) is 5.73 Å². The van der Waals surface area contributed by atoms with Crippen LogP contribution in [-0.4, -0.2) is 18.0 Å². The zero-order valence-electron chi connectivity index (χ0n) is 10.2. The Labute approximate surface area is 111 Å². The van der Waals surface area contributed by atoms with Gasteiger partial charge in [-0.25, -0.2) is 0 Å². The van der Waals surface area contributed by atoms with Crippen LogP contribution in [0, 0.1) is 0 Å². The first-order valence-corrected chi connectivity index (χ1v) is 6.62. The van der Waals surface area contributed by atoms with Crippen molar-refractivity contribution in [2.45, 2.75) is 38.8 Å². The molecule has 2 atom stereocenters. The number of nitrogens with two attached hydrogens (primary N) is 1. The van der Waals surface area contributed by atoms with Crippen LogP contribution in [-0.2, 0) is 11.2 Å². The second kappa shape index (κ2) is 6.77. The average molecular weight is 299 g/mol. The van der Waals surface area contributed by atoms with Crippen molar-refractivity contribution >= 4 is 21.8 Å². The lowest BCUT2D eigenvalue weighted by Gasteiger charge is -2.16. The van der Waals surface area contributed by atoms with Gasteiger partial charge in [0.25, 0.3) is 0 Å². The Hall–Kier alpha value is -0.870. The van der Waals surface area contributed by atoms with Crippen LogP contribution >= 0.6 is 15.9 Å². The minimum atomic E-state index is -0.401. The molecule has 3 nitrogen and oxygen atoms in total. The number of carbonyl (C=O) groups is 1. The summed E-state index contributed by atoms with van der Waals surface area (Å²) in [6.07, 6.45) is 1.48. The van der Waals surface area contributed by atoms with E-state index in [1.54, 1.807) is 0 Å². The topological polar surface area (TPSA) is 55.1 Å². The van der Waals surface area contributed by atoms with Crippen molar-refractivity contribution in [3.05, 3.63) is 34.3 Å². The maximum absolute atomic E-state index is 11.6. The molecule has 1 aromatic carbocycles. The molecule has 0 saturated carbocycles. The Morgan fingerprint density at radius 1 is 1.41 bits per heavy atom. The van der Waals surface area contributed by atoms with E-state index in [0.29, 0.717) is 6.42 Å².